The summed E-state index contributed by atoms with van der Waals surface area (Å²) in [7, 11) is 0. The van der Waals surface area contributed by atoms with Crippen molar-refractivity contribution in [3.8, 4) is 0 Å². The summed E-state index contributed by atoms with van der Waals surface area (Å²) in [6.45, 7) is 0. The van der Waals surface area contributed by atoms with Crippen molar-refractivity contribution in [2.75, 3.05) is 0 Å². The molecule has 0 atom stereocenters. The SMILES string of the molecule is [Li][B](c1ccccc1)c1ccccc1. The Morgan fingerprint density at radius 1 is 0.643 bits per heavy atom. The zero-order chi connectivity index (χ0) is 9.80. The third-order valence-corrected chi connectivity index (χ3v) is 2.60. The average Bonchev–Trinajstić information content (AvgIpc) is 2.30. The van der Waals surface area contributed by atoms with Crippen molar-refractivity contribution in [2.24, 2.45) is 0 Å². The molecule has 2 heteroatoms. The second-order valence-electron chi connectivity index (χ2n) is 3.54. The van der Waals surface area contributed by atoms with E-state index < -0.39 is 0 Å². The van der Waals surface area contributed by atoms with E-state index in [-0.39, 0.29) is 0 Å². The van der Waals surface area contributed by atoms with Gasteiger partial charge in [-0.15, -0.1) is 0 Å². The predicted octanol–water partition coefficient (Wildman–Crippen LogP) is 0.961. The second-order valence-corrected chi connectivity index (χ2v) is 3.54. The molecule has 0 unspecified atom stereocenters. The van der Waals surface area contributed by atoms with Crippen LogP contribution in [-0.2, 0) is 0 Å². The van der Waals surface area contributed by atoms with E-state index in [9.17, 15) is 0 Å². The number of hydrogen-bond donors (Lipinski definition) is 0. The Bertz CT molecular complexity index is 346. The Morgan fingerprint density at radius 2 is 1.00 bits per heavy atom. The molecular weight excluding hydrogens is 162 g/mol. The molecular formula is C12H10BLi. The van der Waals surface area contributed by atoms with Gasteiger partial charge in [-0.05, 0) is 0 Å². The van der Waals surface area contributed by atoms with E-state index in [0.717, 1.165) is 0 Å². The van der Waals surface area contributed by atoms with Crippen molar-refractivity contribution >= 4 is 33.7 Å². The van der Waals surface area contributed by atoms with E-state index in [0.29, 0.717) is 5.28 Å². The molecule has 0 aromatic heterocycles. The van der Waals surface area contributed by atoms with Crippen LogP contribution in [0, 0.1) is 0 Å². The van der Waals surface area contributed by atoms with Crippen molar-refractivity contribution in [1.29, 1.82) is 0 Å². The molecule has 0 nitrogen and oxygen atoms in total. The standard InChI is InChI=1S/C12H10B.Li/c1-3-7-11(8-4-1)13-12-9-5-2-6-10-12;/h1-10H;/q+1;-1. The van der Waals surface area contributed by atoms with Gasteiger partial charge in [0, 0.05) is 0 Å². The molecule has 0 aliphatic rings. The molecule has 62 valence electrons. The quantitative estimate of drug-likeness (QED) is 0.591. The molecule has 0 amide bonds. The van der Waals surface area contributed by atoms with Crippen molar-refractivity contribution in [1.82, 2.24) is 0 Å². The van der Waals surface area contributed by atoms with Gasteiger partial charge in [0.2, 0.25) is 0 Å². The van der Waals surface area contributed by atoms with Crippen molar-refractivity contribution in [2.45, 2.75) is 0 Å². The normalized spacial score (nSPS) is 9.86. The Hall–Kier alpha value is -0.898. The first-order valence-electron chi connectivity index (χ1n) is 4.98. The van der Waals surface area contributed by atoms with Gasteiger partial charge in [0.1, 0.15) is 0 Å². The summed E-state index contributed by atoms with van der Waals surface area (Å²) in [6.07, 6.45) is 0. The third kappa shape index (κ3) is 2.12. The van der Waals surface area contributed by atoms with E-state index in [1.807, 2.05) is 0 Å². The molecule has 0 aliphatic heterocycles. The Morgan fingerprint density at radius 3 is 1.36 bits per heavy atom. The maximum absolute atomic E-state index is 2.24. The molecule has 2 rings (SSSR count). The molecule has 0 heterocycles. The minimum absolute atomic E-state index is 0.484. The van der Waals surface area contributed by atoms with Gasteiger partial charge in [-0.1, -0.05) is 0 Å². The third-order valence-electron chi connectivity index (χ3n) is 2.60. The maximum atomic E-state index is 2.24. The minimum atomic E-state index is 0.484. The van der Waals surface area contributed by atoms with E-state index in [1.165, 1.54) is 10.9 Å². The Kier molecular flexibility index (Phi) is 3.14. The Labute approximate surface area is 94.4 Å². The summed E-state index contributed by atoms with van der Waals surface area (Å²) in [5.74, 6) is 0. The molecule has 2 aromatic rings. The van der Waals surface area contributed by atoms with Gasteiger partial charge in [0.15, 0.2) is 0 Å². The first-order chi connectivity index (χ1) is 6.88. The molecule has 0 fully saturated rings. The van der Waals surface area contributed by atoms with Gasteiger partial charge in [-0.3, -0.25) is 0 Å². The van der Waals surface area contributed by atoms with Crippen LogP contribution < -0.4 is 10.9 Å². The zero-order valence-electron chi connectivity index (χ0n) is 8.35. The van der Waals surface area contributed by atoms with Gasteiger partial charge in [-0.2, -0.15) is 0 Å². The van der Waals surface area contributed by atoms with E-state index >= 15 is 0 Å². The predicted molar refractivity (Wildman–Crippen MR) is 63.7 cm³/mol. The molecule has 14 heavy (non-hydrogen) atoms. The van der Waals surface area contributed by atoms with Gasteiger partial charge < -0.3 is 0 Å². The van der Waals surface area contributed by atoms with Gasteiger partial charge in [-0.25, -0.2) is 0 Å². The summed E-state index contributed by atoms with van der Waals surface area (Å²) in [4.78, 5) is 0. The van der Waals surface area contributed by atoms with E-state index in [4.69, 9.17) is 0 Å². The topological polar surface area (TPSA) is 0 Å². The summed E-state index contributed by atoms with van der Waals surface area (Å²) in [5.41, 5.74) is 2.75. The average molecular weight is 172 g/mol. The zero-order valence-corrected chi connectivity index (χ0v) is 8.35. The summed E-state index contributed by atoms with van der Waals surface area (Å²) < 4.78 is 0. The van der Waals surface area contributed by atoms with Crippen LogP contribution in [0.25, 0.3) is 0 Å². The fourth-order valence-electron chi connectivity index (χ4n) is 1.68. The van der Waals surface area contributed by atoms with Crippen molar-refractivity contribution < 1.29 is 0 Å². The van der Waals surface area contributed by atoms with Crippen LogP contribution in [0.5, 0.6) is 0 Å². The summed E-state index contributed by atoms with van der Waals surface area (Å²) in [5, 5.41) is 0.484. The fraction of sp³-hybridized carbons (Fsp3) is 0. The first kappa shape index (κ1) is 9.65. The van der Waals surface area contributed by atoms with Crippen molar-refractivity contribution in [3.63, 3.8) is 0 Å². The number of rotatable bonds is 2. The number of hydrogen-bond acceptors (Lipinski definition) is 0. The number of benzene rings is 2. The van der Waals surface area contributed by atoms with E-state index in [2.05, 4.69) is 78.2 Å². The molecule has 0 bridgehead atoms. The van der Waals surface area contributed by atoms with Crippen LogP contribution >= 0.6 is 0 Å². The van der Waals surface area contributed by atoms with Gasteiger partial charge >= 0.3 is 94.4 Å². The Balaban J connectivity index is 2.30. The second kappa shape index (κ2) is 4.55. The van der Waals surface area contributed by atoms with Crippen LogP contribution in [-0.4, -0.2) is 22.8 Å². The van der Waals surface area contributed by atoms with Gasteiger partial charge in [0.05, 0.1) is 0 Å². The molecule has 0 saturated carbocycles. The fourth-order valence-corrected chi connectivity index (χ4v) is 1.68. The van der Waals surface area contributed by atoms with Gasteiger partial charge in [0.25, 0.3) is 0 Å². The molecule has 0 saturated heterocycles. The molecule has 0 N–H and O–H groups in total. The van der Waals surface area contributed by atoms with Crippen molar-refractivity contribution in [3.05, 3.63) is 60.7 Å². The van der Waals surface area contributed by atoms with Crippen LogP contribution in [0.4, 0.5) is 0 Å². The molecule has 0 radical (unpaired) electrons. The van der Waals surface area contributed by atoms with Crippen LogP contribution in [0.2, 0.25) is 0 Å². The van der Waals surface area contributed by atoms with Crippen LogP contribution in [0.15, 0.2) is 60.7 Å². The summed E-state index contributed by atoms with van der Waals surface area (Å²) >= 11 is 2.24. The first-order valence-corrected chi connectivity index (χ1v) is 4.98. The molecule has 2 aromatic carbocycles. The molecule has 0 spiro atoms. The van der Waals surface area contributed by atoms with Crippen LogP contribution in [0.1, 0.15) is 0 Å². The van der Waals surface area contributed by atoms with E-state index in [1.54, 1.807) is 0 Å². The molecule has 0 aliphatic carbocycles. The summed E-state index contributed by atoms with van der Waals surface area (Å²) in [6, 6.07) is 21.2. The monoisotopic (exact) mass is 172 g/mol. The van der Waals surface area contributed by atoms with Crippen LogP contribution in [0.3, 0.4) is 0 Å².